The average Bonchev–Trinajstić information content (AvgIpc) is 2.45. The molecule has 0 aliphatic rings. The van der Waals surface area contributed by atoms with Crippen LogP contribution < -0.4 is 9.47 Å². The Labute approximate surface area is 119 Å². The molecule has 0 atom stereocenters. The van der Waals surface area contributed by atoms with Crippen molar-refractivity contribution in [2.75, 3.05) is 13.2 Å². The van der Waals surface area contributed by atoms with Gasteiger partial charge in [-0.3, -0.25) is 4.79 Å². The monoisotopic (exact) mass is 270 g/mol. The number of Topliss-reactive ketones (excluding diaryl/α,β-unsaturated/α-hetero) is 1. The van der Waals surface area contributed by atoms with Crippen LogP contribution in [0.5, 0.6) is 11.5 Å². The van der Waals surface area contributed by atoms with Crippen molar-refractivity contribution >= 4 is 5.78 Å². The second-order valence-electron chi connectivity index (χ2n) is 4.65. The van der Waals surface area contributed by atoms with E-state index < -0.39 is 0 Å². The largest absolute Gasteiger partial charge is 0.485 e. The van der Waals surface area contributed by atoms with Crippen LogP contribution in [0, 0.1) is 13.8 Å². The molecule has 2 aromatic carbocycles. The summed E-state index contributed by atoms with van der Waals surface area (Å²) in [4.78, 5) is 11.8. The third kappa shape index (κ3) is 3.85. The van der Waals surface area contributed by atoms with E-state index in [1.165, 1.54) is 0 Å². The minimum atomic E-state index is -0.0866. The van der Waals surface area contributed by atoms with Crippen LogP contribution in [0.25, 0.3) is 0 Å². The van der Waals surface area contributed by atoms with Gasteiger partial charge in [0.05, 0.1) is 0 Å². The third-order valence-corrected chi connectivity index (χ3v) is 2.96. The van der Waals surface area contributed by atoms with Gasteiger partial charge in [0.25, 0.3) is 0 Å². The Balaban J connectivity index is 1.82. The molecular formula is C17H18O3. The number of rotatable bonds is 6. The van der Waals surface area contributed by atoms with Crippen molar-refractivity contribution in [3.63, 3.8) is 0 Å². The van der Waals surface area contributed by atoms with Crippen molar-refractivity contribution in [3.05, 3.63) is 59.7 Å². The van der Waals surface area contributed by atoms with E-state index in [1.807, 2.05) is 62.4 Å². The smallest absolute Gasteiger partial charge is 0.207 e. The average molecular weight is 270 g/mol. The molecule has 0 unspecified atom stereocenters. The van der Waals surface area contributed by atoms with Crippen LogP contribution >= 0.6 is 0 Å². The van der Waals surface area contributed by atoms with Gasteiger partial charge in [0.2, 0.25) is 5.78 Å². The van der Waals surface area contributed by atoms with E-state index in [4.69, 9.17) is 9.47 Å². The van der Waals surface area contributed by atoms with Crippen molar-refractivity contribution in [1.29, 1.82) is 0 Å². The highest BCUT2D eigenvalue weighted by Gasteiger charge is 2.07. The number of hydrogen-bond donors (Lipinski definition) is 0. The standard InChI is InChI=1S/C17H18O3/c1-13-7-3-5-9-16(13)19-11-15(18)12-20-17-10-6-4-8-14(17)2/h3-10H,11-12H2,1-2H3. The number of aryl methyl sites for hydroxylation is 2. The molecule has 0 saturated carbocycles. The second-order valence-corrected chi connectivity index (χ2v) is 4.65. The lowest BCUT2D eigenvalue weighted by molar-refractivity contribution is -0.123. The summed E-state index contributed by atoms with van der Waals surface area (Å²) in [5, 5.41) is 0. The fraction of sp³-hybridized carbons (Fsp3) is 0.235. The molecule has 0 saturated heterocycles. The molecule has 0 heterocycles. The van der Waals surface area contributed by atoms with Crippen molar-refractivity contribution in [3.8, 4) is 11.5 Å². The highest BCUT2D eigenvalue weighted by atomic mass is 16.5. The Kier molecular flexibility index (Phi) is 4.77. The molecule has 0 fully saturated rings. The number of hydrogen-bond acceptors (Lipinski definition) is 3. The van der Waals surface area contributed by atoms with E-state index in [1.54, 1.807) is 0 Å². The molecule has 0 spiro atoms. The number of ketones is 1. The molecule has 0 radical (unpaired) electrons. The second kappa shape index (κ2) is 6.75. The topological polar surface area (TPSA) is 35.5 Å². The van der Waals surface area contributed by atoms with Crippen molar-refractivity contribution in [2.24, 2.45) is 0 Å². The van der Waals surface area contributed by atoms with Crippen molar-refractivity contribution in [2.45, 2.75) is 13.8 Å². The quantitative estimate of drug-likeness (QED) is 0.807. The van der Waals surface area contributed by atoms with E-state index in [9.17, 15) is 4.79 Å². The summed E-state index contributed by atoms with van der Waals surface area (Å²) in [6, 6.07) is 15.2. The van der Waals surface area contributed by atoms with Gasteiger partial charge in [0, 0.05) is 0 Å². The first kappa shape index (κ1) is 14.1. The first-order chi connectivity index (χ1) is 9.66. The Hall–Kier alpha value is -2.29. The summed E-state index contributed by atoms with van der Waals surface area (Å²) in [7, 11) is 0. The molecule has 0 N–H and O–H groups in total. The lowest BCUT2D eigenvalue weighted by Crippen LogP contribution is -2.19. The maximum absolute atomic E-state index is 11.8. The van der Waals surface area contributed by atoms with E-state index in [0.717, 1.165) is 22.6 Å². The summed E-state index contributed by atoms with van der Waals surface area (Å²) >= 11 is 0. The lowest BCUT2D eigenvalue weighted by Gasteiger charge is -2.10. The summed E-state index contributed by atoms with van der Waals surface area (Å²) in [5.41, 5.74) is 2.03. The van der Waals surface area contributed by atoms with E-state index in [-0.39, 0.29) is 19.0 Å². The highest BCUT2D eigenvalue weighted by molar-refractivity contribution is 5.81. The van der Waals surface area contributed by atoms with Crippen LogP contribution in [0.2, 0.25) is 0 Å². The molecule has 0 aliphatic carbocycles. The summed E-state index contributed by atoms with van der Waals surface area (Å²) in [5.74, 6) is 1.38. The Morgan fingerprint density at radius 1 is 0.800 bits per heavy atom. The van der Waals surface area contributed by atoms with Crippen LogP contribution in [0.3, 0.4) is 0 Å². The molecule has 0 aliphatic heterocycles. The maximum Gasteiger partial charge on any atom is 0.207 e. The Morgan fingerprint density at radius 3 is 1.60 bits per heavy atom. The van der Waals surface area contributed by atoms with Crippen molar-refractivity contribution < 1.29 is 14.3 Å². The van der Waals surface area contributed by atoms with Crippen LogP contribution in [-0.4, -0.2) is 19.0 Å². The minimum absolute atomic E-state index is 0.0245. The fourth-order valence-corrected chi connectivity index (χ4v) is 1.79. The zero-order valence-electron chi connectivity index (χ0n) is 11.8. The van der Waals surface area contributed by atoms with Gasteiger partial charge in [0.1, 0.15) is 11.5 Å². The first-order valence-corrected chi connectivity index (χ1v) is 6.55. The molecule has 3 nitrogen and oxygen atoms in total. The molecule has 2 rings (SSSR count). The zero-order chi connectivity index (χ0) is 14.4. The van der Waals surface area contributed by atoms with Crippen LogP contribution in [0.4, 0.5) is 0 Å². The molecular weight excluding hydrogens is 252 g/mol. The SMILES string of the molecule is Cc1ccccc1OCC(=O)COc1ccccc1C. The summed E-state index contributed by atoms with van der Waals surface area (Å²) in [6.45, 7) is 3.95. The highest BCUT2D eigenvalue weighted by Crippen LogP contribution is 2.17. The predicted molar refractivity (Wildman–Crippen MR) is 78.4 cm³/mol. The van der Waals surface area contributed by atoms with Crippen LogP contribution in [0.15, 0.2) is 48.5 Å². The molecule has 104 valence electrons. The van der Waals surface area contributed by atoms with Gasteiger partial charge in [-0.25, -0.2) is 0 Å². The van der Waals surface area contributed by atoms with E-state index in [0.29, 0.717) is 0 Å². The molecule has 0 amide bonds. The van der Waals surface area contributed by atoms with E-state index >= 15 is 0 Å². The first-order valence-electron chi connectivity index (χ1n) is 6.55. The Morgan fingerprint density at radius 2 is 1.20 bits per heavy atom. The van der Waals surface area contributed by atoms with Gasteiger partial charge in [-0.05, 0) is 37.1 Å². The van der Waals surface area contributed by atoms with Gasteiger partial charge in [-0.15, -0.1) is 0 Å². The summed E-state index contributed by atoms with van der Waals surface area (Å²) in [6.07, 6.45) is 0. The number of ether oxygens (including phenoxy) is 2. The number of carbonyl (C=O) groups excluding carboxylic acids is 1. The molecule has 0 bridgehead atoms. The molecule has 0 aromatic heterocycles. The van der Waals surface area contributed by atoms with Gasteiger partial charge >= 0.3 is 0 Å². The normalized spacial score (nSPS) is 10.1. The van der Waals surface area contributed by atoms with Crippen molar-refractivity contribution in [1.82, 2.24) is 0 Å². The predicted octanol–water partition coefficient (Wildman–Crippen LogP) is 3.33. The van der Waals surface area contributed by atoms with E-state index in [2.05, 4.69) is 0 Å². The lowest BCUT2D eigenvalue weighted by atomic mass is 10.2. The van der Waals surface area contributed by atoms with Gasteiger partial charge in [0.15, 0.2) is 13.2 Å². The van der Waals surface area contributed by atoms with Gasteiger partial charge in [-0.2, -0.15) is 0 Å². The molecule has 2 aromatic rings. The van der Waals surface area contributed by atoms with Crippen LogP contribution in [-0.2, 0) is 4.79 Å². The number of para-hydroxylation sites is 2. The van der Waals surface area contributed by atoms with Gasteiger partial charge in [-0.1, -0.05) is 36.4 Å². The number of benzene rings is 2. The molecule has 20 heavy (non-hydrogen) atoms. The minimum Gasteiger partial charge on any atom is -0.485 e. The molecule has 3 heteroatoms. The fourth-order valence-electron chi connectivity index (χ4n) is 1.79. The Bertz CT molecular complexity index is 539. The van der Waals surface area contributed by atoms with Gasteiger partial charge < -0.3 is 9.47 Å². The summed E-state index contributed by atoms with van der Waals surface area (Å²) < 4.78 is 11.0. The maximum atomic E-state index is 11.8. The third-order valence-electron chi connectivity index (χ3n) is 2.96. The van der Waals surface area contributed by atoms with Crippen LogP contribution in [0.1, 0.15) is 11.1 Å². The zero-order valence-corrected chi connectivity index (χ0v) is 11.8. The number of carbonyl (C=O) groups is 1.